The molecule has 0 aromatic rings. The topological polar surface area (TPSA) is 57.6 Å². The van der Waals surface area contributed by atoms with Gasteiger partial charge in [0.25, 0.3) is 0 Å². The fraction of sp³-hybridized carbons (Fsp3) is 0.750. The molecule has 0 radical (unpaired) electrons. The number of allylic oxidation sites excluding steroid dienone is 1. The Morgan fingerprint density at radius 3 is 2.20 bits per heavy atom. The van der Waals surface area contributed by atoms with Gasteiger partial charge in [-0.25, -0.2) is 0 Å². The molecule has 4 nitrogen and oxygen atoms in total. The molecule has 1 amide bonds. The Morgan fingerprint density at radius 2 is 1.75 bits per heavy atom. The van der Waals surface area contributed by atoms with Crippen LogP contribution in [0.2, 0.25) is 0 Å². The monoisotopic (exact) mass is 281 g/mol. The fourth-order valence-electron chi connectivity index (χ4n) is 2.87. The van der Waals surface area contributed by atoms with E-state index in [0.717, 1.165) is 32.2 Å². The molecule has 0 aliphatic heterocycles. The second-order valence-corrected chi connectivity index (χ2v) is 5.89. The van der Waals surface area contributed by atoms with Crippen LogP contribution >= 0.6 is 0 Å². The zero-order chi connectivity index (χ0) is 15.1. The van der Waals surface area contributed by atoms with Crippen LogP contribution in [0.25, 0.3) is 0 Å². The van der Waals surface area contributed by atoms with E-state index in [1.165, 1.54) is 13.0 Å². The van der Waals surface area contributed by atoms with Crippen molar-refractivity contribution in [2.45, 2.75) is 46.0 Å². The lowest BCUT2D eigenvalue weighted by Gasteiger charge is -2.30. The average molecular weight is 281 g/mol. The van der Waals surface area contributed by atoms with E-state index < -0.39 is 0 Å². The lowest BCUT2D eigenvalue weighted by atomic mass is 9.82. The molecule has 1 N–H and O–H groups in total. The number of carbonyl (C=O) groups excluding carboxylic acids is 2. The quantitative estimate of drug-likeness (QED) is 0.759. The Labute approximate surface area is 121 Å². The summed E-state index contributed by atoms with van der Waals surface area (Å²) in [5.41, 5.74) is 0.587. The summed E-state index contributed by atoms with van der Waals surface area (Å²) < 4.78 is 0. The Bertz CT molecular complexity index is 368. The van der Waals surface area contributed by atoms with E-state index >= 15 is 0 Å². The number of nitrogens with zero attached hydrogens (tertiary/aromatic N) is 1. The van der Waals surface area contributed by atoms with Gasteiger partial charge in [0.05, 0.1) is 0 Å². The van der Waals surface area contributed by atoms with Crippen LogP contribution < -0.4 is 0 Å². The summed E-state index contributed by atoms with van der Waals surface area (Å²) in [6.07, 6.45) is 6.27. The lowest BCUT2D eigenvalue weighted by molar-refractivity contribution is -0.127. The van der Waals surface area contributed by atoms with Crippen molar-refractivity contribution in [1.29, 1.82) is 0 Å². The van der Waals surface area contributed by atoms with Gasteiger partial charge in [-0.3, -0.25) is 9.59 Å². The summed E-state index contributed by atoms with van der Waals surface area (Å²) in [4.78, 5) is 25.1. The van der Waals surface area contributed by atoms with Crippen LogP contribution in [0.1, 0.15) is 46.0 Å². The highest BCUT2D eigenvalue weighted by Gasteiger charge is 2.23. The number of hydrogen-bond acceptors (Lipinski definition) is 3. The summed E-state index contributed by atoms with van der Waals surface area (Å²) in [5, 5.41) is 9.13. The molecule has 0 aromatic carbocycles. The number of aliphatic hydroxyl groups is 1. The average Bonchev–Trinajstić information content (AvgIpc) is 2.44. The maximum Gasteiger partial charge on any atom is 0.249 e. The Morgan fingerprint density at radius 1 is 1.20 bits per heavy atom. The van der Waals surface area contributed by atoms with Gasteiger partial charge in [0.2, 0.25) is 5.91 Å². The Kier molecular flexibility index (Phi) is 6.93. The van der Waals surface area contributed by atoms with Crippen molar-refractivity contribution >= 4 is 11.7 Å². The van der Waals surface area contributed by atoms with Crippen molar-refractivity contribution in [3.8, 4) is 0 Å². The normalized spacial score (nSPS) is 23.5. The van der Waals surface area contributed by atoms with Crippen LogP contribution in [0.3, 0.4) is 0 Å². The molecule has 0 unspecified atom stereocenters. The number of rotatable bonds is 6. The molecular weight excluding hydrogens is 254 g/mol. The number of likely N-dealkylation sites (N-methyl/N-ethyl adjacent to an activating group) is 1. The van der Waals surface area contributed by atoms with Crippen molar-refractivity contribution in [3.05, 3.63) is 11.6 Å². The largest absolute Gasteiger partial charge is 0.396 e. The maximum atomic E-state index is 12.3. The molecule has 0 atom stereocenters. The molecule has 0 heterocycles. The van der Waals surface area contributed by atoms with E-state index in [-0.39, 0.29) is 18.3 Å². The zero-order valence-electron chi connectivity index (χ0n) is 12.9. The first-order chi connectivity index (χ1) is 9.47. The minimum absolute atomic E-state index is 0.0352. The first-order valence-corrected chi connectivity index (χ1v) is 7.55. The van der Waals surface area contributed by atoms with E-state index in [1.54, 1.807) is 4.90 Å². The Hall–Kier alpha value is -1.16. The summed E-state index contributed by atoms with van der Waals surface area (Å²) in [6, 6.07) is 0. The summed E-state index contributed by atoms with van der Waals surface area (Å²) in [6.45, 7) is 4.39. The third kappa shape index (κ3) is 5.08. The van der Waals surface area contributed by atoms with Crippen molar-refractivity contribution in [2.75, 3.05) is 20.2 Å². The molecule has 114 valence electrons. The summed E-state index contributed by atoms with van der Waals surface area (Å²) in [5.74, 6) is 0.845. The molecule has 1 aliphatic rings. The number of ketones is 1. The number of carbonyl (C=O) groups is 2. The van der Waals surface area contributed by atoms with E-state index in [0.29, 0.717) is 23.8 Å². The highest BCUT2D eigenvalue weighted by atomic mass is 16.3. The van der Waals surface area contributed by atoms with Crippen LogP contribution in [-0.4, -0.2) is 41.9 Å². The minimum atomic E-state index is -0.0768. The molecule has 1 fully saturated rings. The van der Waals surface area contributed by atoms with E-state index in [9.17, 15) is 9.59 Å². The molecule has 1 aliphatic carbocycles. The molecule has 1 saturated carbocycles. The van der Waals surface area contributed by atoms with Gasteiger partial charge in [-0.15, -0.1) is 0 Å². The smallest absolute Gasteiger partial charge is 0.249 e. The maximum absolute atomic E-state index is 12.3. The molecule has 4 heteroatoms. The standard InChI is InChI=1S/C16H27NO3/c1-4-15(9-12(2)19)16(20)17(3)10-13-5-7-14(11-18)8-6-13/h9,13-14,18H,4-8,10-11H2,1-3H3/b15-9+. The van der Waals surface area contributed by atoms with Crippen LogP contribution in [0.5, 0.6) is 0 Å². The molecule has 20 heavy (non-hydrogen) atoms. The molecule has 0 saturated heterocycles. The third-order valence-corrected chi connectivity index (χ3v) is 4.14. The van der Waals surface area contributed by atoms with Gasteiger partial charge in [-0.1, -0.05) is 6.92 Å². The van der Waals surface area contributed by atoms with Gasteiger partial charge in [0.15, 0.2) is 5.78 Å². The Balaban J connectivity index is 2.51. The number of amides is 1. The molecule has 0 aromatic heterocycles. The summed E-state index contributed by atoms with van der Waals surface area (Å²) in [7, 11) is 1.81. The zero-order valence-corrected chi connectivity index (χ0v) is 12.9. The van der Waals surface area contributed by atoms with Crippen LogP contribution in [0.4, 0.5) is 0 Å². The first-order valence-electron chi connectivity index (χ1n) is 7.55. The summed E-state index contributed by atoms with van der Waals surface area (Å²) >= 11 is 0. The highest BCUT2D eigenvalue weighted by molar-refractivity contribution is 6.00. The second kappa shape index (κ2) is 8.20. The van der Waals surface area contributed by atoms with Crippen molar-refractivity contribution in [1.82, 2.24) is 4.90 Å². The minimum Gasteiger partial charge on any atom is -0.396 e. The molecule has 1 rings (SSSR count). The molecule has 0 spiro atoms. The SMILES string of the molecule is CC/C(=C\C(C)=O)C(=O)N(C)CC1CCC(CO)CC1. The van der Waals surface area contributed by atoms with Crippen molar-refractivity contribution in [2.24, 2.45) is 11.8 Å². The molecule has 0 bridgehead atoms. The van der Waals surface area contributed by atoms with E-state index in [4.69, 9.17) is 5.11 Å². The predicted octanol–water partition coefficient (Wildman–Crippen LogP) is 2.17. The number of aliphatic hydroxyl groups excluding tert-OH is 1. The van der Waals surface area contributed by atoms with E-state index in [2.05, 4.69) is 0 Å². The van der Waals surface area contributed by atoms with Crippen LogP contribution in [0.15, 0.2) is 11.6 Å². The van der Waals surface area contributed by atoms with Gasteiger partial charge >= 0.3 is 0 Å². The van der Waals surface area contributed by atoms with Gasteiger partial charge in [0.1, 0.15) is 0 Å². The van der Waals surface area contributed by atoms with Crippen LogP contribution in [0, 0.1) is 11.8 Å². The lowest BCUT2D eigenvalue weighted by Crippen LogP contribution is -2.34. The van der Waals surface area contributed by atoms with Crippen molar-refractivity contribution in [3.63, 3.8) is 0 Å². The third-order valence-electron chi connectivity index (χ3n) is 4.14. The van der Waals surface area contributed by atoms with Gasteiger partial charge in [-0.05, 0) is 56.9 Å². The van der Waals surface area contributed by atoms with Gasteiger partial charge < -0.3 is 10.0 Å². The van der Waals surface area contributed by atoms with Gasteiger partial charge in [-0.2, -0.15) is 0 Å². The second-order valence-electron chi connectivity index (χ2n) is 5.89. The highest BCUT2D eigenvalue weighted by Crippen LogP contribution is 2.29. The van der Waals surface area contributed by atoms with Crippen LogP contribution in [-0.2, 0) is 9.59 Å². The fourth-order valence-corrected chi connectivity index (χ4v) is 2.87. The van der Waals surface area contributed by atoms with Crippen molar-refractivity contribution < 1.29 is 14.7 Å². The molecular formula is C16H27NO3. The number of hydrogen-bond donors (Lipinski definition) is 1. The van der Waals surface area contributed by atoms with Gasteiger partial charge in [0, 0.05) is 25.8 Å². The first kappa shape index (κ1) is 16.9. The predicted molar refractivity (Wildman–Crippen MR) is 79.2 cm³/mol. The van der Waals surface area contributed by atoms with E-state index in [1.807, 2.05) is 14.0 Å².